The van der Waals surface area contributed by atoms with Crippen molar-refractivity contribution < 1.29 is 0 Å². The normalized spacial score (nSPS) is 20.7. The summed E-state index contributed by atoms with van der Waals surface area (Å²) in [5, 5.41) is 5.00. The molecule has 2 rings (SSSR count). The molecule has 0 amide bonds. The van der Waals surface area contributed by atoms with Crippen LogP contribution in [-0.4, -0.2) is 31.1 Å². The van der Waals surface area contributed by atoms with Crippen molar-refractivity contribution >= 4 is 23.2 Å². The summed E-state index contributed by atoms with van der Waals surface area (Å²) >= 11 is 12.5. The average Bonchev–Trinajstić information content (AvgIpc) is 2.41. The molecule has 1 unspecified atom stereocenters. The molecular formula is C15H22Cl2N2. The fraction of sp³-hybridized carbons (Fsp3) is 0.600. The van der Waals surface area contributed by atoms with Crippen molar-refractivity contribution in [1.82, 2.24) is 10.2 Å². The lowest BCUT2D eigenvalue weighted by Crippen LogP contribution is -2.39. The zero-order chi connectivity index (χ0) is 13.7. The maximum Gasteiger partial charge on any atom is 0.0465 e. The molecule has 106 valence electrons. The number of hydrogen-bond acceptors (Lipinski definition) is 2. The number of benzene rings is 1. The van der Waals surface area contributed by atoms with E-state index in [0.717, 1.165) is 54.3 Å². The molecule has 0 saturated carbocycles. The summed E-state index contributed by atoms with van der Waals surface area (Å²) in [6.45, 7) is 7.46. The standard InChI is InChI=1S/C15H22Cl2N2/c1-2-18-9-12-5-4-8-19(10-12)11-13-14(16)6-3-7-15(13)17/h3,6-7,12,18H,2,4-5,8-11H2,1H3. The van der Waals surface area contributed by atoms with Gasteiger partial charge in [0.05, 0.1) is 0 Å². The topological polar surface area (TPSA) is 15.3 Å². The first-order valence-electron chi connectivity index (χ1n) is 7.06. The molecule has 1 aliphatic rings. The minimum absolute atomic E-state index is 0.745. The van der Waals surface area contributed by atoms with E-state index >= 15 is 0 Å². The second kappa shape index (κ2) is 7.49. The summed E-state index contributed by atoms with van der Waals surface area (Å²) in [5.74, 6) is 0.745. The van der Waals surface area contributed by atoms with E-state index in [9.17, 15) is 0 Å². The highest BCUT2D eigenvalue weighted by Gasteiger charge is 2.20. The van der Waals surface area contributed by atoms with Gasteiger partial charge in [0, 0.05) is 28.7 Å². The van der Waals surface area contributed by atoms with Gasteiger partial charge in [-0.3, -0.25) is 4.90 Å². The summed E-state index contributed by atoms with van der Waals surface area (Å²) in [4.78, 5) is 2.47. The lowest BCUT2D eigenvalue weighted by atomic mass is 9.97. The Bertz CT molecular complexity index is 389. The van der Waals surface area contributed by atoms with Gasteiger partial charge < -0.3 is 5.32 Å². The predicted molar refractivity (Wildman–Crippen MR) is 83.0 cm³/mol. The van der Waals surface area contributed by atoms with E-state index in [1.807, 2.05) is 18.2 Å². The van der Waals surface area contributed by atoms with Crippen LogP contribution in [0.5, 0.6) is 0 Å². The van der Waals surface area contributed by atoms with Gasteiger partial charge in [-0.05, 0) is 50.5 Å². The molecule has 1 saturated heterocycles. The zero-order valence-corrected chi connectivity index (χ0v) is 13.0. The Hall–Kier alpha value is -0.280. The van der Waals surface area contributed by atoms with Gasteiger partial charge in [-0.2, -0.15) is 0 Å². The van der Waals surface area contributed by atoms with E-state index in [1.54, 1.807) is 0 Å². The molecule has 1 N–H and O–H groups in total. The molecule has 1 aromatic carbocycles. The van der Waals surface area contributed by atoms with E-state index in [-0.39, 0.29) is 0 Å². The minimum atomic E-state index is 0.745. The van der Waals surface area contributed by atoms with Crippen molar-refractivity contribution in [3.05, 3.63) is 33.8 Å². The van der Waals surface area contributed by atoms with Gasteiger partial charge in [0.25, 0.3) is 0 Å². The number of rotatable bonds is 5. The molecule has 2 nitrogen and oxygen atoms in total. The zero-order valence-electron chi connectivity index (χ0n) is 11.5. The highest BCUT2D eigenvalue weighted by molar-refractivity contribution is 6.35. The Morgan fingerprint density at radius 1 is 1.32 bits per heavy atom. The van der Waals surface area contributed by atoms with Gasteiger partial charge in [-0.15, -0.1) is 0 Å². The summed E-state index contributed by atoms with van der Waals surface area (Å²) < 4.78 is 0. The molecule has 1 aromatic rings. The van der Waals surface area contributed by atoms with Crippen LogP contribution in [0.15, 0.2) is 18.2 Å². The second-order valence-corrected chi connectivity index (χ2v) is 6.07. The number of likely N-dealkylation sites (tertiary alicyclic amines) is 1. The van der Waals surface area contributed by atoms with Crippen LogP contribution in [0.25, 0.3) is 0 Å². The van der Waals surface area contributed by atoms with E-state index in [2.05, 4.69) is 17.1 Å². The molecule has 1 atom stereocenters. The Balaban J connectivity index is 1.95. The summed E-state index contributed by atoms with van der Waals surface area (Å²) in [5.41, 5.74) is 1.06. The number of nitrogens with one attached hydrogen (secondary N) is 1. The Morgan fingerprint density at radius 2 is 2.05 bits per heavy atom. The smallest absolute Gasteiger partial charge is 0.0465 e. The van der Waals surface area contributed by atoms with E-state index in [4.69, 9.17) is 23.2 Å². The molecule has 1 fully saturated rings. The van der Waals surface area contributed by atoms with Gasteiger partial charge >= 0.3 is 0 Å². The summed E-state index contributed by atoms with van der Waals surface area (Å²) in [6, 6.07) is 5.74. The minimum Gasteiger partial charge on any atom is -0.317 e. The van der Waals surface area contributed by atoms with Crippen LogP contribution in [0.2, 0.25) is 10.0 Å². The van der Waals surface area contributed by atoms with Gasteiger partial charge in [0.1, 0.15) is 0 Å². The molecule has 19 heavy (non-hydrogen) atoms. The van der Waals surface area contributed by atoms with Gasteiger partial charge in [-0.25, -0.2) is 0 Å². The van der Waals surface area contributed by atoms with E-state index in [1.165, 1.54) is 12.8 Å². The van der Waals surface area contributed by atoms with Crippen LogP contribution in [0.1, 0.15) is 25.3 Å². The van der Waals surface area contributed by atoms with Gasteiger partial charge in [0.15, 0.2) is 0 Å². The largest absolute Gasteiger partial charge is 0.317 e. The predicted octanol–water partition coefficient (Wildman–Crippen LogP) is 3.81. The summed E-state index contributed by atoms with van der Waals surface area (Å²) in [7, 11) is 0. The van der Waals surface area contributed by atoms with Gasteiger partial charge in [-0.1, -0.05) is 36.2 Å². The molecule has 0 aliphatic carbocycles. The van der Waals surface area contributed by atoms with Crippen LogP contribution < -0.4 is 5.32 Å². The van der Waals surface area contributed by atoms with Crippen molar-refractivity contribution in [2.24, 2.45) is 5.92 Å². The molecule has 0 bridgehead atoms. The van der Waals surface area contributed by atoms with E-state index in [0.29, 0.717) is 0 Å². The van der Waals surface area contributed by atoms with Crippen LogP contribution in [0.4, 0.5) is 0 Å². The molecule has 1 aliphatic heterocycles. The van der Waals surface area contributed by atoms with Crippen molar-refractivity contribution in [1.29, 1.82) is 0 Å². The average molecular weight is 301 g/mol. The maximum atomic E-state index is 6.25. The highest BCUT2D eigenvalue weighted by Crippen LogP contribution is 2.27. The molecule has 0 spiro atoms. The third-order valence-corrected chi connectivity index (χ3v) is 4.44. The van der Waals surface area contributed by atoms with Gasteiger partial charge in [0.2, 0.25) is 0 Å². The summed E-state index contributed by atoms with van der Waals surface area (Å²) in [6.07, 6.45) is 2.58. The number of piperidine rings is 1. The van der Waals surface area contributed by atoms with Crippen LogP contribution in [0, 0.1) is 5.92 Å². The SMILES string of the molecule is CCNCC1CCCN(Cc2c(Cl)cccc2Cl)C1. The lowest BCUT2D eigenvalue weighted by molar-refractivity contribution is 0.166. The maximum absolute atomic E-state index is 6.25. The third-order valence-electron chi connectivity index (χ3n) is 3.73. The van der Waals surface area contributed by atoms with Crippen molar-refractivity contribution in [3.63, 3.8) is 0 Å². The molecule has 1 heterocycles. The van der Waals surface area contributed by atoms with Crippen molar-refractivity contribution in [2.45, 2.75) is 26.3 Å². The second-order valence-electron chi connectivity index (χ2n) is 5.25. The first-order valence-corrected chi connectivity index (χ1v) is 7.82. The first kappa shape index (κ1) is 15.1. The quantitative estimate of drug-likeness (QED) is 0.889. The Morgan fingerprint density at radius 3 is 2.74 bits per heavy atom. The van der Waals surface area contributed by atoms with Crippen molar-refractivity contribution in [2.75, 3.05) is 26.2 Å². The van der Waals surface area contributed by atoms with Crippen LogP contribution in [0.3, 0.4) is 0 Å². The molecular weight excluding hydrogens is 279 g/mol. The number of hydrogen-bond donors (Lipinski definition) is 1. The Labute approximate surface area is 126 Å². The molecule has 0 aromatic heterocycles. The number of halogens is 2. The fourth-order valence-electron chi connectivity index (χ4n) is 2.72. The monoisotopic (exact) mass is 300 g/mol. The van der Waals surface area contributed by atoms with Crippen LogP contribution in [-0.2, 0) is 6.54 Å². The van der Waals surface area contributed by atoms with Crippen LogP contribution >= 0.6 is 23.2 Å². The van der Waals surface area contributed by atoms with E-state index < -0.39 is 0 Å². The Kier molecular flexibility index (Phi) is 5.96. The number of nitrogens with zero attached hydrogens (tertiary/aromatic N) is 1. The highest BCUT2D eigenvalue weighted by atomic mass is 35.5. The fourth-order valence-corrected chi connectivity index (χ4v) is 3.23. The van der Waals surface area contributed by atoms with Crippen molar-refractivity contribution in [3.8, 4) is 0 Å². The first-order chi connectivity index (χ1) is 9.20. The molecule has 0 radical (unpaired) electrons. The lowest BCUT2D eigenvalue weighted by Gasteiger charge is -2.33. The molecule has 4 heteroatoms. The third kappa shape index (κ3) is 4.35.